The van der Waals surface area contributed by atoms with Gasteiger partial charge in [0.15, 0.2) is 11.9 Å². The van der Waals surface area contributed by atoms with Crippen molar-refractivity contribution in [2.24, 2.45) is 0 Å². The Morgan fingerprint density at radius 3 is 2.65 bits per heavy atom. The molecule has 0 saturated heterocycles. The summed E-state index contributed by atoms with van der Waals surface area (Å²) in [5, 5.41) is 9.04. The standard InChI is InChI=1S/C13H17N4O.2BrH/c1-9-11(5-7-18)4-3-6-17(9)12-8-15-10(2)16-13(12)14;;/h3-4,6,8,18H,5,7H2,1-2H3,(H2,14,15,16);2*1H/q+1;;/p-1. The van der Waals surface area contributed by atoms with Gasteiger partial charge in [0.1, 0.15) is 12.0 Å². The molecule has 110 valence electrons. The summed E-state index contributed by atoms with van der Waals surface area (Å²) < 4.78 is 1.94. The third-order valence-corrected chi connectivity index (χ3v) is 2.92. The van der Waals surface area contributed by atoms with Crippen LogP contribution in [0.3, 0.4) is 0 Å². The summed E-state index contributed by atoms with van der Waals surface area (Å²) in [6.07, 6.45) is 4.26. The van der Waals surface area contributed by atoms with Crippen molar-refractivity contribution in [1.29, 1.82) is 0 Å². The number of anilines is 1. The van der Waals surface area contributed by atoms with E-state index < -0.39 is 0 Å². The monoisotopic (exact) mass is 404 g/mol. The van der Waals surface area contributed by atoms with Crippen LogP contribution < -0.4 is 27.3 Å². The fourth-order valence-corrected chi connectivity index (χ4v) is 1.94. The maximum absolute atomic E-state index is 9.04. The van der Waals surface area contributed by atoms with E-state index in [1.807, 2.05) is 29.8 Å². The molecule has 2 rings (SSSR count). The lowest BCUT2D eigenvalue weighted by atomic mass is 10.1. The van der Waals surface area contributed by atoms with Gasteiger partial charge in [-0.1, -0.05) is 0 Å². The van der Waals surface area contributed by atoms with Gasteiger partial charge in [-0.25, -0.2) is 9.97 Å². The van der Waals surface area contributed by atoms with E-state index in [0.29, 0.717) is 18.1 Å². The molecule has 3 N–H and O–H groups in total. The van der Waals surface area contributed by atoms with Gasteiger partial charge in [0, 0.05) is 31.6 Å². The summed E-state index contributed by atoms with van der Waals surface area (Å²) in [6, 6.07) is 3.92. The average molecular weight is 406 g/mol. The van der Waals surface area contributed by atoms with E-state index >= 15 is 0 Å². The number of nitrogens with two attached hydrogens (primary N) is 1. The molecule has 0 atom stereocenters. The maximum Gasteiger partial charge on any atom is 0.271 e. The van der Waals surface area contributed by atoms with E-state index in [1.54, 1.807) is 13.1 Å². The second-order valence-electron chi connectivity index (χ2n) is 4.15. The van der Waals surface area contributed by atoms with Gasteiger partial charge in [-0.05, 0) is 13.0 Å². The van der Waals surface area contributed by atoms with E-state index in [0.717, 1.165) is 16.9 Å². The lowest BCUT2D eigenvalue weighted by Gasteiger charge is -2.05. The van der Waals surface area contributed by atoms with E-state index in [1.165, 1.54) is 0 Å². The zero-order valence-corrected chi connectivity index (χ0v) is 14.7. The number of nitrogen functional groups attached to an aromatic ring is 1. The zero-order valence-electron chi connectivity index (χ0n) is 11.4. The van der Waals surface area contributed by atoms with Gasteiger partial charge in [0.05, 0.1) is 0 Å². The fraction of sp³-hybridized carbons (Fsp3) is 0.308. The Morgan fingerprint density at radius 2 is 2.05 bits per heavy atom. The minimum absolute atomic E-state index is 0. The lowest BCUT2D eigenvalue weighted by Crippen LogP contribution is -3.00. The van der Waals surface area contributed by atoms with Crippen LogP contribution in [0, 0.1) is 13.8 Å². The molecule has 0 bridgehead atoms. The van der Waals surface area contributed by atoms with Gasteiger partial charge < -0.3 is 27.8 Å². The number of halogens is 2. The van der Waals surface area contributed by atoms with Crippen LogP contribution in [0.4, 0.5) is 5.82 Å². The van der Waals surface area contributed by atoms with E-state index in [-0.39, 0.29) is 40.6 Å². The highest BCUT2D eigenvalue weighted by atomic mass is 79.9. The summed E-state index contributed by atoms with van der Waals surface area (Å²) in [5.41, 5.74) is 8.80. The molecular formula is C13H18Br2N4O. The largest absolute Gasteiger partial charge is 1.00 e. The number of aromatic nitrogens is 3. The highest BCUT2D eigenvalue weighted by Crippen LogP contribution is 2.10. The van der Waals surface area contributed by atoms with Crippen LogP contribution >= 0.6 is 17.0 Å². The summed E-state index contributed by atoms with van der Waals surface area (Å²) in [5.74, 6) is 1.11. The minimum Gasteiger partial charge on any atom is -1.00 e. The predicted molar refractivity (Wildman–Crippen MR) is 78.6 cm³/mol. The molecule has 0 saturated carbocycles. The molecule has 0 aromatic carbocycles. The number of rotatable bonds is 3. The van der Waals surface area contributed by atoms with Crippen LogP contribution in [-0.2, 0) is 6.42 Å². The van der Waals surface area contributed by atoms with Crippen molar-refractivity contribution >= 4 is 22.8 Å². The Bertz CT molecular complexity index is 578. The van der Waals surface area contributed by atoms with Gasteiger partial charge in [-0.2, -0.15) is 4.57 Å². The Labute approximate surface area is 139 Å². The summed E-state index contributed by atoms with van der Waals surface area (Å²) in [6.45, 7) is 3.93. The molecule has 0 aliphatic carbocycles. The first-order valence-corrected chi connectivity index (χ1v) is 5.84. The Morgan fingerprint density at radius 1 is 1.35 bits per heavy atom. The van der Waals surface area contributed by atoms with Crippen molar-refractivity contribution in [2.75, 3.05) is 12.3 Å². The second kappa shape index (κ2) is 8.28. The average Bonchev–Trinajstić information content (AvgIpc) is 2.33. The number of pyridine rings is 1. The van der Waals surface area contributed by atoms with E-state index in [4.69, 9.17) is 10.8 Å². The Kier molecular flexibility index (Phi) is 7.85. The first kappa shape index (κ1) is 18.9. The molecule has 2 aromatic heterocycles. The van der Waals surface area contributed by atoms with E-state index in [2.05, 4.69) is 9.97 Å². The fourth-order valence-electron chi connectivity index (χ4n) is 1.94. The van der Waals surface area contributed by atoms with Gasteiger partial charge >= 0.3 is 0 Å². The zero-order chi connectivity index (χ0) is 13.1. The molecule has 0 aliphatic heterocycles. The first-order valence-electron chi connectivity index (χ1n) is 5.84. The quantitative estimate of drug-likeness (QED) is 0.583. The second-order valence-corrected chi connectivity index (χ2v) is 4.15. The molecule has 0 radical (unpaired) electrons. The van der Waals surface area contributed by atoms with Crippen LogP contribution in [0.2, 0.25) is 0 Å². The summed E-state index contributed by atoms with van der Waals surface area (Å²) in [7, 11) is 0. The van der Waals surface area contributed by atoms with Crippen LogP contribution in [0.15, 0.2) is 24.5 Å². The van der Waals surface area contributed by atoms with Crippen molar-refractivity contribution in [1.82, 2.24) is 9.97 Å². The number of aliphatic hydroxyl groups excluding tert-OH is 1. The molecule has 0 unspecified atom stereocenters. The third kappa shape index (κ3) is 3.97. The van der Waals surface area contributed by atoms with Crippen molar-refractivity contribution in [2.45, 2.75) is 20.3 Å². The molecule has 0 spiro atoms. The van der Waals surface area contributed by atoms with Crippen molar-refractivity contribution in [3.05, 3.63) is 41.6 Å². The van der Waals surface area contributed by atoms with Gasteiger partial charge in [0.25, 0.3) is 5.69 Å². The van der Waals surface area contributed by atoms with Crippen molar-refractivity contribution in [3.63, 3.8) is 0 Å². The smallest absolute Gasteiger partial charge is 0.271 e. The third-order valence-electron chi connectivity index (χ3n) is 2.92. The Hall–Kier alpha value is -1.05. The number of hydrogen-bond acceptors (Lipinski definition) is 4. The summed E-state index contributed by atoms with van der Waals surface area (Å²) in [4.78, 5) is 8.33. The first-order chi connectivity index (χ1) is 8.63. The molecule has 0 aliphatic rings. The molecule has 7 heteroatoms. The molecule has 0 amide bonds. The van der Waals surface area contributed by atoms with E-state index in [9.17, 15) is 0 Å². The van der Waals surface area contributed by atoms with Crippen molar-refractivity contribution in [3.8, 4) is 5.69 Å². The predicted octanol–water partition coefficient (Wildman–Crippen LogP) is -1.93. The molecule has 0 fully saturated rings. The Balaban J connectivity index is 0.00000180. The lowest BCUT2D eigenvalue weighted by molar-refractivity contribution is -0.602. The van der Waals surface area contributed by atoms with Crippen LogP contribution in [0.25, 0.3) is 5.69 Å². The van der Waals surface area contributed by atoms with Crippen LogP contribution in [0.5, 0.6) is 0 Å². The molecule has 2 aromatic rings. The SMILES string of the molecule is Br.Cc1ncc(-[n+]2cccc(CCO)c2C)c(N)n1.[Br-]. The van der Waals surface area contributed by atoms with Crippen LogP contribution in [0.1, 0.15) is 17.1 Å². The molecular weight excluding hydrogens is 388 g/mol. The molecule has 5 nitrogen and oxygen atoms in total. The van der Waals surface area contributed by atoms with Gasteiger partial charge in [0.2, 0.25) is 5.82 Å². The topological polar surface area (TPSA) is 75.9 Å². The highest BCUT2D eigenvalue weighted by molar-refractivity contribution is 8.93. The number of aryl methyl sites for hydroxylation is 1. The number of aliphatic hydroxyl groups is 1. The molecule has 20 heavy (non-hydrogen) atoms. The highest BCUT2D eigenvalue weighted by Gasteiger charge is 2.18. The van der Waals surface area contributed by atoms with Crippen molar-refractivity contribution < 1.29 is 26.7 Å². The molecule has 2 heterocycles. The van der Waals surface area contributed by atoms with Gasteiger partial charge in [-0.3, -0.25) is 0 Å². The summed E-state index contributed by atoms with van der Waals surface area (Å²) >= 11 is 0. The maximum atomic E-state index is 9.04. The normalized spacial score (nSPS) is 9.55. The van der Waals surface area contributed by atoms with Gasteiger partial charge in [-0.15, -0.1) is 17.0 Å². The number of nitrogens with zero attached hydrogens (tertiary/aromatic N) is 3. The minimum atomic E-state index is 0. The van der Waals surface area contributed by atoms with Crippen LogP contribution in [-0.4, -0.2) is 21.7 Å². The number of hydrogen-bond donors (Lipinski definition) is 2.